The number of fused-ring (bicyclic) bond motifs is 1. The topological polar surface area (TPSA) is 92.7 Å². The number of rotatable bonds is 5. The van der Waals surface area contributed by atoms with Gasteiger partial charge < -0.3 is 9.64 Å². The number of hydrogen-bond acceptors (Lipinski definition) is 7. The number of carbonyl (C=O) groups excluding carboxylic acids is 1. The molecular weight excluding hydrogens is 485 g/mol. The summed E-state index contributed by atoms with van der Waals surface area (Å²) >= 11 is 0. The average molecular weight is 509 g/mol. The van der Waals surface area contributed by atoms with Gasteiger partial charge in [0.15, 0.2) is 11.5 Å². The van der Waals surface area contributed by atoms with Gasteiger partial charge in [0.1, 0.15) is 0 Å². The van der Waals surface area contributed by atoms with Crippen LogP contribution in [-0.4, -0.2) is 61.4 Å². The van der Waals surface area contributed by atoms with Gasteiger partial charge in [-0.05, 0) is 37.6 Å². The summed E-state index contributed by atoms with van der Waals surface area (Å²) in [6.45, 7) is 2.15. The van der Waals surface area contributed by atoms with Crippen LogP contribution in [0.2, 0.25) is 0 Å². The molecule has 8 nitrogen and oxygen atoms in total. The normalized spacial score (nSPS) is 15.7. The minimum atomic E-state index is -4.81. The Morgan fingerprint density at radius 1 is 0.971 bits per heavy atom. The number of carbonyl (C=O) groups is 1. The standard InChI is InChI=1S/C23H23F3N4O4S/c1-2-34-22(31)20-21(28-18-10-5-4-9-17(18)27-20)29-12-7-13-30(15-14-29)35(32,33)19-11-6-3-8-16(19)23(24,25)26/h3-6,8-11H,2,7,12-15H2,1H3. The fourth-order valence-electron chi connectivity index (χ4n) is 3.96. The minimum absolute atomic E-state index is 0.00396. The van der Waals surface area contributed by atoms with Crippen molar-refractivity contribution in [2.24, 2.45) is 0 Å². The number of hydrogen-bond donors (Lipinski definition) is 0. The molecule has 1 saturated heterocycles. The lowest BCUT2D eigenvalue weighted by molar-refractivity contribution is -0.139. The van der Waals surface area contributed by atoms with Crippen molar-refractivity contribution in [3.63, 3.8) is 0 Å². The molecule has 2 heterocycles. The Labute approximate surface area is 200 Å². The molecule has 1 aliphatic rings. The average Bonchev–Trinajstić information content (AvgIpc) is 3.10. The Kier molecular flexibility index (Phi) is 6.95. The van der Waals surface area contributed by atoms with Crippen molar-refractivity contribution < 1.29 is 31.1 Å². The SMILES string of the molecule is CCOC(=O)c1nc2ccccc2nc1N1CCCN(S(=O)(=O)c2ccccc2C(F)(F)F)CC1. The summed E-state index contributed by atoms with van der Waals surface area (Å²) in [5.74, 6) is -0.411. The number of halogens is 3. The Hall–Kier alpha value is -3.25. The second-order valence-corrected chi connectivity index (χ2v) is 9.75. The third kappa shape index (κ3) is 5.08. The first kappa shape index (κ1) is 24.9. The fraction of sp³-hybridized carbons (Fsp3) is 0.348. The Bertz CT molecular complexity index is 1350. The highest BCUT2D eigenvalue weighted by Crippen LogP contribution is 2.35. The molecule has 1 fully saturated rings. The van der Waals surface area contributed by atoms with Crippen molar-refractivity contribution in [1.82, 2.24) is 14.3 Å². The number of alkyl halides is 3. The molecule has 0 aliphatic carbocycles. The summed E-state index contributed by atoms with van der Waals surface area (Å²) in [5.41, 5.74) is -0.152. The largest absolute Gasteiger partial charge is 0.461 e. The number of esters is 1. The van der Waals surface area contributed by atoms with Crippen molar-refractivity contribution in [3.05, 3.63) is 59.8 Å². The van der Waals surface area contributed by atoms with Gasteiger partial charge in [0, 0.05) is 26.2 Å². The molecule has 0 unspecified atom stereocenters. The molecule has 12 heteroatoms. The van der Waals surface area contributed by atoms with Gasteiger partial charge in [-0.2, -0.15) is 17.5 Å². The summed E-state index contributed by atoms with van der Waals surface area (Å²) in [5, 5.41) is 0. The predicted octanol–water partition coefficient (Wildman–Crippen LogP) is 3.73. The third-order valence-electron chi connectivity index (χ3n) is 5.59. The Morgan fingerprint density at radius 3 is 2.31 bits per heavy atom. The van der Waals surface area contributed by atoms with E-state index < -0.39 is 32.6 Å². The number of sulfonamides is 1. The molecule has 186 valence electrons. The van der Waals surface area contributed by atoms with Crippen LogP contribution in [0.15, 0.2) is 53.4 Å². The Morgan fingerprint density at radius 2 is 1.63 bits per heavy atom. The van der Waals surface area contributed by atoms with Gasteiger partial charge in [0.25, 0.3) is 0 Å². The van der Waals surface area contributed by atoms with Crippen LogP contribution in [-0.2, 0) is 20.9 Å². The van der Waals surface area contributed by atoms with Crippen molar-refractivity contribution in [1.29, 1.82) is 0 Å². The van der Waals surface area contributed by atoms with Gasteiger partial charge in [0.2, 0.25) is 10.0 Å². The van der Waals surface area contributed by atoms with E-state index in [4.69, 9.17) is 4.74 Å². The van der Waals surface area contributed by atoms with E-state index in [9.17, 15) is 26.4 Å². The number of anilines is 1. The molecule has 0 amide bonds. The van der Waals surface area contributed by atoms with Crippen LogP contribution in [0.4, 0.5) is 19.0 Å². The molecular formula is C23H23F3N4O4S. The van der Waals surface area contributed by atoms with E-state index in [1.54, 1.807) is 36.1 Å². The van der Waals surface area contributed by atoms with Crippen LogP contribution in [0.3, 0.4) is 0 Å². The van der Waals surface area contributed by atoms with Crippen molar-refractivity contribution >= 4 is 32.8 Å². The summed E-state index contributed by atoms with van der Waals surface area (Å²) in [6, 6.07) is 11.1. The smallest absolute Gasteiger partial charge is 0.417 e. The van der Waals surface area contributed by atoms with Gasteiger partial charge in [-0.25, -0.2) is 23.2 Å². The molecule has 0 bridgehead atoms. The van der Waals surface area contributed by atoms with E-state index in [1.807, 2.05) is 0 Å². The summed E-state index contributed by atoms with van der Waals surface area (Å²) in [6.07, 6.45) is -4.50. The second-order valence-electron chi connectivity index (χ2n) is 7.84. The molecule has 0 atom stereocenters. The molecule has 3 aromatic rings. The zero-order chi connectivity index (χ0) is 25.2. The number of nitrogens with zero attached hydrogens (tertiary/aromatic N) is 4. The van der Waals surface area contributed by atoms with Crippen LogP contribution in [0, 0.1) is 0 Å². The first-order chi connectivity index (χ1) is 16.6. The van der Waals surface area contributed by atoms with Crippen LogP contribution in [0.5, 0.6) is 0 Å². The summed E-state index contributed by atoms with van der Waals surface area (Å²) < 4.78 is 73.0. The number of aromatic nitrogens is 2. The summed E-state index contributed by atoms with van der Waals surface area (Å²) in [4.78, 5) is 22.6. The summed E-state index contributed by atoms with van der Waals surface area (Å²) in [7, 11) is -4.42. The first-order valence-corrected chi connectivity index (χ1v) is 12.4. The molecule has 0 N–H and O–H groups in total. The van der Waals surface area contributed by atoms with E-state index in [-0.39, 0.29) is 37.8 Å². The van der Waals surface area contributed by atoms with Gasteiger partial charge in [-0.15, -0.1) is 0 Å². The van der Waals surface area contributed by atoms with E-state index in [1.165, 1.54) is 6.07 Å². The van der Waals surface area contributed by atoms with Gasteiger partial charge in [0.05, 0.1) is 28.1 Å². The lowest BCUT2D eigenvalue weighted by atomic mass is 10.2. The fourth-order valence-corrected chi connectivity index (χ4v) is 5.64. The van der Waals surface area contributed by atoms with E-state index in [0.717, 1.165) is 22.5 Å². The molecule has 0 radical (unpaired) electrons. The predicted molar refractivity (Wildman–Crippen MR) is 123 cm³/mol. The Balaban J connectivity index is 1.66. The first-order valence-electron chi connectivity index (χ1n) is 11.0. The van der Waals surface area contributed by atoms with Gasteiger partial charge >= 0.3 is 12.1 Å². The highest BCUT2D eigenvalue weighted by atomic mass is 32.2. The van der Waals surface area contributed by atoms with Crippen molar-refractivity contribution in [3.8, 4) is 0 Å². The van der Waals surface area contributed by atoms with Crippen LogP contribution >= 0.6 is 0 Å². The maximum Gasteiger partial charge on any atom is 0.417 e. The van der Waals surface area contributed by atoms with E-state index in [2.05, 4.69) is 9.97 Å². The monoisotopic (exact) mass is 508 g/mol. The number of ether oxygens (including phenoxy) is 1. The zero-order valence-corrected chi connectivity index (χ0v) is 19.6. The van der Waals surface area contributed by atoms with Crippen molar-refractivity contribution in [2.45, 2.75) is 24.4 Å². The van der Waals surface area contributed by atoms with Crippen LogP contribution in [0.25, 0.3) is 11.0 Å². The maximum atomic E-state index is 13.5. The lowest BCUT2D eigenvalue weighted by Gasteiger charge is -2.24. The van der Waals surface area contributed by atoms with Crippen molar-refractivity contribution in [2.75, 3.05) is 37.7 Å². The second kappa shape index (κ2) is 9.78. The quantitative estimate of drug-likeness (QED) is 0.485. The van der Waals surface area contributed by atoms with Gasteiger partial charge in [-0.1, -0.05) is 24.3 Å². The number of benzene rings is 2. The van der Waals surface area contributed by atoms with Crippen LogP contribution < -0.4 is 4.90 Å². The highest BCUT2D eigenvalue weighted by molar-refractivity contribution is 7.89. The maximum absolute atomic E-state index is 13.5. The molecule has 4 rings (SSSR count). The molecule has 2 aromatic carbocycles. The highest BCUT2D eigenvalue weighted by Gasteiger charge is 2.39. The molecule has 0 saturated carbocycles. The van der Waals surface area contributed by atoms with E-state index in [0.29, 0.717) is 24.0 Å². The molecule has 1 aliphatic heterocycles. The lowest BCUT2D eigenvalue weighted by Crippen LogP contribution is -2.36. The molecule has 0 spiro atoms. The van der Waals surface area contributed by atoms with E-state index >= 15 is 0 Å². The van der Waals surface area contributed by atoms with Crippen LogP contribution in [0.1, 0.15) is 29.4 Å². The minimum Gasteiger partial charge on any atom is -0.461 e. The zero-order valence-electron chi connectivity index (χ0n) is 18.8. The molecule has 35 heavy (non-hydrogen) atoms. The molecule has 1 aromatic heterocycles. The number of para-hydroxylation sites is 2. The third-order valence-corrected chi connectivity index (χ3v) is 7.54. The van der Waals surface area contributed by atoms with Gasteiger partial charge in [-0.3, -0.25) is 0 Å².